The normalized spacial score (nSPS) is 17.8. The van der Waals surface area contributed by atoms with E-state index in [0.717, 1.165) is 57.0 Å². The van der Waals surface area contributed by atoms with Crippen LogP contribution in [0.1, 0.15) is 78.5 Å². The van der Waals surface area contributed by atoms with Crippen molar-refractivity contribution in [1.82, 2.24) is 34.5 Å². The number of rotatable bonds is 17. The number of fused-ring (bicyclic) bond motifs is 2. The van der Waals surface area contributed by atoms with Gasteiger partial charge in [0, 0.05) is 108 Å². The van der Waals surface area contributed by atoms with E-state index >= 15 is 8.78 Å². The maximum atomic E-state index is 15.7. The Kier molecular flexibility index (Phi) is 15.1. The molecule has 3 saturated heterocycles. The summed E-state index contributed by atoms with van der Waals surface area (Å²) in [5, 5.41) is 16.6. The zero-order chi connectivity index (χ0) is 53.3. The second-order valence-electron chi connectivity index (χ2n) is 20.1. The predicted octanol–water partition coefficient (Wildman–Crippen LogP) is 9.02. The highest BCUT2D eigenvalue weighted by molar-refractivity contribution is 7.90. The Morgan fingerprint density at radius 3 is 2.46 bits per heavy atom. The molecule has 3 fully saturated rings. The van der Waals surface area contributed by atoms with Crippen molar-refractivity contribution in [2.24, 2.45) is 0 Å². The van der Waals surface area contributed by atoms with Crippen LogP contribution in [0.2, 0.25) is 0 Å². The van der Waals surface area contributed by atoms with Gasteiger partial charge in [-0.15, -0.1) is 0 Å². The van der Waals surface area contributed by atoms with Gasteiger partial charge in [0.15, 0.2) is 5.75 Å². The van der Waals surface area contributed by atoms with E-state index in [1.807, 2.05) is 12.1 Å². The number of imidazole rings is 1. The first-order chi connectivity index (χ1) is 36.6. The molecule has 76 heavy (non-hydrogen) atoms. The molecule has 4 aromatic carbocycles. The largest absolute Gasteiger partial charge is 0.758 e. The zero-order valence-corrected chi connectivity index (χ0v) is 44.0. The number of amides is 1. The Balaban J connectivity index is 0.926. The van der Waals surface area contributed by atoms with Crippen LogP contribution in [0.4, 0.5) is 25.8 Å². The third-order valence-electron chi connectivity index (χ3n) is 15.0. The molecule has 21 heteroatoms. The number of H-pyrrole nitrogens is 2. The van der Waals surface area contributed by atoms with Crippen molar-refractivity contribution in [3.63, 3.8) is 0 Å². The molecule has 0 bridgehead atoms. The minimum absolute atomic E-state index is 0.0170. The van der Waals surface area contributed by atoms with E-state index in [2.05, 4.69) is 94.9 Å². The van der Waals surface area contributed by atoms with Crippen molar-refractivity contribution in [3.05, 3.63) is 125 Å². The molecule has 402 valence electrons. The molecule has 0 radical (unpaired) electrons. The van der Waals surface area contributed by atoms with Crippen LogP contribution < -0.4 is 34.2 Å². The van der Waals surface area contributed by atoms with E-state index in [-0.39, 0.29) is 101 Å². The number of nitrogens with one attached hydrogen (secondary N) is 4. The van der Waals surface area contributed by atoms with Crippen molar-refractivity contribution in [3.8, 4) is 23.1 Å². The van der Waals surface area contributed by atoms with Gasteiger partial charge in [-0.1, -0.05) is 50.2 Å². The van der Waals surface area contributed by atoms with Gasteiger partial charge in [0.25, 0.3) is 21.8 Å². The summed E-state index contributed by atoms with van der Waals surface area (Å²) in [6.45, 7) is 9.63. The van der Waals surface area contributed by atoms with Gasteiger partial charge in [-0.3, -0.25) is 14.6 Å². The fraction of sp³-hybridized carbons (Fsp3) is 0.400. The Morgan fingerprint density at radius 1 is 0.974 bits per heavy atom. The Bertz CT molecular complexity index is 3320. The molecule has 18 nitrogen and oxygen atoms in total. The number of benzene rings is 4. The molecule has 1 atom stereocenters. The number of hydroxylamine groups is 1. The Hall–Kier alpha value is -7.04. The minimum Gasteiger partial charge on any atom is -0.758 e. The van der Waals surface area contributed by atoms with Gasteiger partial charge < -0.3 is 49.4 Å². The highest BCUT2D eigenvalue weighted by atomic mass is 32.2. The van der Waals surface area contributed by atoms with Gasteiger partial charge in [0.2, 0.25) is 0 Å². The standard InChI is InChI=1S/C55H63F2N10O8S/c1-34(2)39-8-6-7-9-40(39)45-31-65(30-35-10-13-38(72-4)14-11-35)22-23-67(45)36-16-20-66(21-17-36)37-12-15-41(46(26-37)75-47-27-42-43(56)29-58-52(42)62-54(47)73-5)53(68)63-76(70,71)48-28-44(64(3)69)49(51-50(48)60-33-61-51)59-32-55(57)18-24-74-25-19-55/h6-15,26-29,33-34,36,45,59H,16-25,30-32H2,1-5H3,(H,58,62)(H,60,61)(H,63,68)/q-1/t45-/m0/s1. The number of piperazine rings is 1. The fourth-order valence-corrected chi connectivity index (χ4v) is 12.0. The van der Waals surface area contributed by atoms with Crippen molar-refractivity contribution in [2.75, 3.05) is 89.0 Å². The number of alkyl halides is 1. The van der Waals surface area contributed by atoms with Gasteiger partial charge in [0.05, 0.1) is 48.4 Å². The molecule has 3 aromatic heterocycles. The van der Waals surface area contributed by atoms with E-state index < -0.39 is 32.3 Å². The lowest BCUT2D eigenvalue weighted by molar-refractivity contribution is -0.00114. The number of methoxy groups -OCH3 is 2. The zero-order valence-electron chi connectivity index (χ0n) is 43.2. The van der Waals surface area contributed by atoms with Crippen LogP contribution in [-0.4, -0.2) is 130 Å². The molecule has 0 aliphatic carbocycles. The average molecular weight is 1060 g/mol. The summed E-state index contributed by atoms with van der Waals surface area (Å²) in [5.74, 6) is -0.583. The second-order valence-corrected chi connectivity index (χ2v) is 21.7. The SMILES string of the molecule is COc1ccc(CN2CCN(C3CCN(c4ccc(C(=O)NS(=O)(=O)c5cc(N(C)[O-])c(NCC6(F)CCOCC6)c6[nH]cnc56)c(Oc5cc6c(F)c[nH]c6nc5OC)c4)CC3)[C@H](c3ccccc3C(C)C)C2)cc1. The molecule has 3 aliphatic rings. The Morgan fingerprint density at radius 2 is 1.74 bits per heavy atom. The maximum absolute atomic E-state index is 15.7. The highest BCUT2D eigenvalue weighted by Crippen LogP contribution is 2.41. The van der Waals surface area contributed by atoms with Crippen molar-refractivity contribution in [2.45, 2.75) is 74.6 Å². The van der Waals surface area contributed by atoms with E-state index in [0.29, 0.717) is 29.8 Å². The smallest absolute Gasteiger partial charge is 0.268 e. The van der Waals surface area contributed by atoms with Crippen molar-refractivity contribution < 1.29 is 40.9 Å². The van der Waals surface area contributed by atoms with Gasteiger partial charge in [-0.2, -0.15) is 4.98 Å². The summed E-state index contributed by atoms with van der Waals surface area (Å²) in [7, 11) is -0.559. The van der Waals surface area contributed by atoms with Gasteiger partial charge in [-0.05, 0) is 72.8 Å². The lowest BCUT2D eigenvalue weighted by atomic mass is 9.89. The first-order valence-electron chi connectivity index (χ1n) is 25.6. The third-order valence-corrected chi connectivity index (χ3v) is 16.3. The van der Waals surface area contributed by atoms with E-state index in [4.69, 9.17) is 18.9 Å². The molecule has 4 N–H and O–H groups in total. The molecular formula is C55H63F2N10O8S-. The van der Waals surface area contributed by atoms with Crippen molar-refractivity contribution in [1.29, 1.82) is 0 Å². The summed E-state index contributed by atoms with van der Waals surface area (Å²) < 4.78 is 84.5. The quantitative estimate of drug-likeness (QED) is 0.0628. The number of anilines is 3. The number of ether oxygens (including phenoxy) is 4. The number of pyridine rings is 1. The third kappa shape index (κ3) is 10.8. The monoisotopic (exact) mass is 1060 g/mol. The molecular weight excluding hydrogens is 999 g/mol. The van der Waals surface area contributed by atoms with Crippen LogP contribution in [0.15, 0.2) is 96.3 Å². The Labute approximate surface area is 440 Å². The van der Waals surface area contributed by atoms with Crippen LogP contribution in [-0.2, 0) is 21.3 Å². The number of sulfonamides is 1. The number of aromatic amines is 2. The molecule has 10 rings (SSSR count). The highest BCUT2D eigenvalue weighted by Gasteiger charge is 2.37. The summed E-state index contributed by atoms with van der Waals surface area (Å²) in [5.41, 5.74) is 3.07. The average Bonchev–Trinajstić information content (AvgIpc) is 4.06. The number of aromatic nitrogens is 4. The maximum Gasteiger partial charge on any atom is 0.268 e. The second kappa shape index (κ2) is 21.9. The first-order valence-corrected chi connectivity index (χ1v) is 27.1. The molecule has 0 unspecified atom stereocenters. The number of piperidine rings is 1. The van der Waals surface area contributed by atoms with Crippen LogP contribution in [0.5, 0.6) is 23.1 Å². The molecule has 3 aliphatic heterocycles. The van der Waals surface area contributed by atoms with Gasteiger partial charge in [-0.25, -0.2) is 26.9 Å². The lowest BCUT2D eigenvalue weighted by Gasteiger charge is -2.48. The van der Waals surface area contributed by atoms with E-state index in [1.54, 1.807) is 19.2 Å². The van der Waals surface area contributed by atoms with Crippen LogP contribution in [0.3, 0.4) is 0 Å². The van der Waals surface area contributed by atoms with E-state index in [9.17, 15) is 18.4 Å². The lowest BCUT2D eigenvalue weighted by Crippen LogP contribution is -2.54. The summed E-state index contributed by atoms with van der Waals surface area (Å²) >= 11 is 0. The number of carbonyl (C=O) groups excluding carboxylic acids is 1. The summed E-state index contributed by atoms with van der Waals surface area (Å²) in [6.07, 6.45) is 4.37. The predicted molar refractivity (Wildman–Crippen MR) is 288 cm³/mol. The van der Waals surface area contributed by atoms with Crippen LogP contribution in [0, 0.1) is 11.0 Å². The summed E-state index contributed by atoms with van der Waals surface area (Å²) in [4.78, 5) is 35.7. The fourth-order valence-electron chi connectivity index (χ4n) is 10.9. The molecule has 0 saturated carbocycles. The van der Waals surface area contributed by atoms with Gasteiger partial charge in [0.1, 0.15) is 39.0 Å². The van der Waals surface area contributed by atoms with E-state index in [1.165, 1.54) is 49.3 Å². The molecule has 0 spiro atoms. The minimum atomic E-state index is -4.79. The number of halogens is 2. The number of nitrogens with zero attached hydrogens (tertiary/aromatic N) is 6. The van der Waals surface area contributed by atoms with Crippen LogP contribution in [0.25, 0.3) is 22.1 Å². The molecule has 1 amide bonds. The number of hydrogen-bond donors (Lipinski definition) is 4. The van der Waals surface area contributed by atoms with Gasteiger partial charge >= 0.3 is 0 Å². The topological polar surface area (TPSA) is 206 Å². The first kappa shape index (κ1) is 52.4. The number of carbonyl (C=O) groups is 1. The van der Waals surface area contributed by atoms with Crippen molar-refractivity contribution >= 4 is 55.1 Å². The molecule has 6 heterocycles. The number of hydrogen-bond acceptors (Lipinski definition) is 15. The molecule has 7 aromatic rings. The summed E-state index contributed by atoms with van der Waals surface area (Å²) in [6, 6.07) is 24.9. The van der Waals surface area contributed by atoms with Crippen LogP contribution >= 0.6 is 0 Å².